The van der Waals surface area contributed by atoms with Crippen LogP contribution in [0.15, 0.2) is 53.9 Å². The molecule has 6 nitrogen and oxygen atoms in total. The zero-order valence-electron chi connectivity index (χ0n) is 14.1. The zero-order chi connectivity index (χ0) is 18.5. The first kappa shape index (κ1) is 17.8. The topological polar surface area (TPSA) is 85.1 Å². The molecule has 26 heavy (non-hydrogen) atoms. The van der Waals surface area contributed by atoms with E-state index in [1.807, 2.05) is 24.4 Å². The molecule has 0 aliphatic heterocycles. The van der Waals surface area contributed by atoms with Gasteiger partial charge in [0.15, 0.2) is 0 Å². The van der Waals surface area contributed by atoms with Gasteiger partial charge in [-0.15, -0.1) is 11.3 Å². The van der Waals surface area contributed by atoms with Gasteiger partial charge >= 0.3 is 0 Å². The van der Waals surface area contributed by atoms with Crippen molar-refractivity contribution < 1.29 is 9.72 Å². The van der Waals surface area contributed by atoms with Gasteiger partial charge in [0.2, 0.25) is 0 Å². The molecule has 0 aliphatic carbocycles. The Morgan fingerprint density at radius 1 is 1.15 bits per heavy atom. The number of carbonyl (C=O) groups is 1. The molecule has 1 amide bonds. The lowest BCUT2D eigenvalue weighted by Crippen LogP contribution is -2.25. The van der Waals surface area contributed by atoms with E-state index in [1.54, 1.807) is 11.3 Å². The van der Waals surface area contributed by atoms with Crippen molar-refractivity contribution in [2.45, 2.75) is 13.3 Å². The van der Waals surface area contributed by atoms with E-state index in [2.05, 4.69) is 22.4 Å². The van der Waals surface area contributed by atoms with Crippen LogP contribution in [0.4, 0.5) is 5.69 Å². The van der Waals surface area contributed by atoms with Crippen molar-refractivity contribution in [3.8, 4) is 10.6 Å². The number of nitro groups is 1. The first-order chi connectivity index (χ1) is 12.5. The molecule has 0 aliphatic rings. The number of benzene rings is 2. The second-order valence-corrected chi connectivity index (χ2v) is 6.68. The number of thiazole rings is 1. The van der Waals surface area contributed by atoms with E-state index in [0.717, 1.165) is 16.3 Å². The second-order valence-electron chi connectivity index (χ2n) is 5.82. The number of carbonyl (C=O) groups excluding carboxylic acids is 1. The fourth-order valence-electron chi connectivity index (χ4n) is 2.39. The van der Waals surface area contributed by atoms with Gasteiger partial charge in [-0.2, -0.15) is 0 Å². The molecule has 1 N–H and O–H groups in total. The van der Waals surface area contributed by atoms with Crippen LogP contribution in [-0.4, -0.2) is 22.4 Å². The van der Waals surface area contributed by atoms with Gasteiger partial charge in [0.05, 0.1) is 10.6 Å². The molecule has 0 bridgehead atoms. The predicted octanol–water partition coefficient (Wildman–Crippen LogP) is 4.00. The molecule has 7 heteroatoms. The van der Waals surface area contributed by atoms with E-state index in [9.17, 15) is 14.9 Å². The summed E-state index contributed by atoms with van der Waals surface area (Å²) in [5.41, 5.74) is 3.58. The largest absolute Gasteiger partial charge is 0.352 e. The fourth-order valence-corrected chi connectivity index (χ4v) is 3.25. The van der Waals surface area contributed by atoms with E-state index >= 15 is 0 Å². The summed E-state index contributed by atoms with van der Waals surface area (Å²) >= 11 is 1.58. The molecule has 0 unspecified atom stereocenters. The summed E-state index contributed by atoms with van der Waals surface area (Å²) < 4.78 is 0. The summed E-state index contributed by atoms with van der Waals surface area (Å²) in [7, 11) is 0. The van der Waals surface area contributed by atoms with Crippen LogP contribution in [0.1, 0.15) is 21.6 Å². The van der Waals surface area contributed by atoms with Crippen LogP contribution < -0.4 is 5.32 Å². The summed E-state index contributed by atoms with van der Waals surface area (Å²) in [6.07, 6.45) is 0.626. The van der Waals surface area contributed by atoms with Gasteiger partial charge in [-0.25, -0.2) is 4.98 Å². The number of hydrogen-bond donors (Lipinski definition) is 1. The van der Waals surface area contributed by atoms with Crippen molar-refractivity contribution in [2.75, 3.05) is 6.54 Å². The molecule has 0 saturated carbocycles. The molecule has 132 valence electrons. The Kier molecular flexibility index (Phi) is 5.38. The third-order valence-corrected chi connectivity index (χ3v) is 4.80. The van der Waals surface area contributed by atoms with Crippen molar-refractivity contribution in [1.29, 1.82) is 0 Å². The summed E-state index contributed by atoms with van der Waals surface area (Å²) in [6.45, 7) is 2.50. The Morgan fingerprint density at radius 3 is 2.50 bits per heavy atom. The molecule has 0 fully saturated rings. The number of nitro benzene ring substituents is 1. The highest BCUT2D eigenvalue weighted by atomic mass is 32.1. The average molecular weight is 367 g/mol. The maximum absolute atomic E-state index is 12.1. The molecule has 3 aromatic rings. The summed E-state index contributed by atoms with van der Waals surface area (Å²) in [6, 6.07) is 13.8. The lowest BCUT2D eigenvalue weighted by atomic mass is 10.2. The SMILES string of the molecule is Cc1ccc(-c2nc(CCNC(=O)c3ccc([N+](=O)[O-])cc3)cs2)cc1. The summed E-state index contributed by atoms with van der Waals surface area (Å²) in [5.74, 6) is -0.256. The zero-order valence-corrected chi connectivity index (χ0v) is 15.0. The van der Waals surface area contributed by atoms with Gasteiger partial charge in [-0.3, -0.25) is 14.9 Å². The van der Waals surface area contributed by atoms with Gasteiger partial charge in [0.25, 0.3) is 11.6 Å². The van der Waals surface area contributed by atoms with Crippen molar-refractivity contribution in [3.63, 3.8) is 0 Å². The minimum atomic E-state index is -0.491. The highest BCUT2D eigenvalue weighted by Crippen LogP contribution is 2.24. The van der Waals surface area contributed by atoms with E-state index in [1.165, 1.54) is 29.8 Å². The number of rotatable bonds is 6. The third-order valence-electron chi connectivity index (χ3n) is 3.86. The van der Waals surface area contributed by atoms with Crippen LogP contribution in [-0.2, 0) is 6.42 Å². The van der Waals surface area contributed by atoms with Crippen LogP contribution >= 0.6 is 11.3 Å². The molecule has 1 aromatic heterocycles. The first-order valence-corrected chi connectivity index (χ1v) is 8.95. The second kappa shape index (κ2) is 7.88. The fraction of sp³-hybridized carbons (Fsp3) is 0.158. The Labute approximate surface area is 154 Å². The number of nitrogens with one attached hydrogen (secondary N) is 1. The quantitative estimate of drug-likeness (QED) is 0.527. The molecular formula is C19H17N3O3S. The number of amides is 1. The number of nitrogens with zero attached hydrogens (tertiary/aromatic N) is 2. The molecular weight excluding hydrogens is 350 g/mol. The van der Waals surface area contributed by atoms with Gasteiger partial charge in [-0.05, 0) is 19.1 Å². The van der Waals surface area contributed by atoms with Crippen LogP contribution in [0.5, 0.6) is 0 Å². The Balaban J connectivity index is 1.54. The lowest BCUT2D eigenvalue weighted by Gasteiger charge is -2.04. The van der Waals surface area contributed by atoms with Crippen molar-refractivity contribution in [2.24, 2.45) is 0 Å². The molecule has 0 radical (unpaired) electrons. The van der Waals surface area contributed by atoms with Crippen molar-refractivity contribution >= 4 is 22.9 Å². The molecule has 1 heterocycles. The number of aromatic nitrogens is 1. The van der Waals surface area contributed by atoms with Crippen LogP contribution in [0.25, 0.3) is 10.6 Å². The molecule has 0 spiro atoms. The number of aryl methyl sites for hydroxylation is 1. The van der Waals surface area contributed by atoms with E-state index in [0.29, 0.717) is 18.5 Å². The van der Waals surface area contributed by atoms with E-state index < -0.39 is 4.92 Å². The number of hydrogen-bond acceptors (Lipinski definition) is 5. The normalized spacial score (nSPS) is 10.5. The minimum Gasteiger partial charge on any atom is -0.352 e. The van der Waals surface area contributed by atoms with Gasteiger partial charge in [-0.1, -0.05) is 29.8 Å². The Bertz CT molecular complexity index is 918. The lowest BCUT2D eigenvalue weighted by molar-refractivity contribution is -0.384. The highest BCUT2D eigenvalue weighted by molar-refractivity contribution is 7.13. The summed E-state index contributed by atoms with van der Waals surface area (Å²) in [4.78, 5) is 26.8. The molecule has 3 rings (SSSR count). The maximum Gasteiger partial charge on any atom is 0.269 e. The van der Waals surface area contributed by atoms with Crippen molar-refractivity contribution in [1.82, 2.24) is 10.3 Å². The van der Waals surface area contributed by atoms with Gasteiger partial charge in [0, 0.05) is 41.6 Å². The smallest absolute Gasteiger partial charge is 0.269 e. The Morgan fingerprint density at radius 2 is 1.85 bits per heavy atom. The Hall–Kier alpha value is -3.06. The molecule has 0 saturated heterocycles. The van der Waals surface area contributed by atoms with Gasteiger partial charge in [0.1, 0.15) is 5.01 Å². The molecule has 2 aromatic carbocycles. The van der Waals surface area contributed by atoms with Gasteiger partial charge < -0.3 is 5.32 Å². The van der Waals surface area contributed by atoms with Crippen LogP contribution in [0.2, 0.25) is 0 Å². The van der Waals surface area contributed by atoms with Crippen LogP contribution in [0, 0.1) is 17.0 Å². The molecule has 0 atom stereocenters. The monoisotopic (exact) mass is 367 g/mol. The predicted molar refractivity (Wildman–Crippen MR) is 101 cm³/mol. The van der Waals surface area contributed by atoms with E-state index in [-0.39, 0.29) is 11.6 Å². The maximum atomic E-state index is 12.1. The standard InChI is InChI=1S/C19H17N3O3S/c1-13-2-4-15(5-3-13)19-21-16(12-26-19)10-11-20-18(23)14-6-8-17(9-7-14)22(24)25/h2-9,12H,10-11H2,1H3,(H,20,23). The highest BCUT2D eigenvalue weighted by Gasteiger charge is 2.10. The van der Waals surface area contributed by atoms with E-state index in [4.69, 9.17) is 0 Å². The van der Waals surface area contributed by atoms with Crippen molar-refractivity contribution in [3.05, 3.63) is 80.8 Å². The van der Waals surface area contributed by atoms with Crippen LogP contribution in [0.3, 0.4) is 0 Å². The third kappa shape index (κ3) is 4.31. The summed E-state index contributed by atoms with van der Waals surface area (Å²) in [5, 5.41) is 16.4. The number of non-ortho nitro benzene ring substituents is 1. The minimum absolute atomic E-state index is 0.0346. The average Bonchev–Trinajstić information content (AvgIpc) is 3.11. The first-order valence-electron chi connectivity index (χ1n) is 8.07.